The number of amides is 1. The van der Waals surface area contributed by atoms with Crippen LogP contribution in [0.2, 0.25) is 0 Å². The molecule has 2 bridgehead atoms. The second-order valence-electron chi connectivity index (χ2n) is 5.48. The van der Waals surface area contributed by atoms with E-state index in [0.717, 1.165) is 19.3 Å². The summed E-state index contributed by atoms with van der Waals surface area (Å²) in [6.07, 6.45) is 5.72. The number of halogens is 1. The summed E-state index contributed by atoms with van der Waals surface area (Å²) in [6.45, 7) is 4.44. The maximum atomic E-state index is 11.6. The maximum Gasteiger partial charge on any atom is 0.243 e. The summed E-state index contributed by atoms with van der Waals surface area (Å²) in [4.78, 5) is 17.5. The fourth-order valence-electron chi connectivity index (χ4n) is 2.57. The second kappa shape index (κ2) is 8.57. The lowest BCUT2D eigenvalue weighted by molar-refractivity contribution is -0.127. The second-order valence-corrected chi connectivity index (χ2v) is 5.48. The number of ether oxygens (including phenoxy) is 1. The van der Waals surface area contributed by atoms with Crippen LogP contribution in [0.4, 0.5) is 0 Å². The molecule has 2 heterocycles. The summed E-state index contributed by atoms with van der Waals surface area (Å²) < 4.78 is 5.81. The van der Waals surface area contributed by atoms with E-state index in [1.54, 1.807) is 20.2 Å². The standard InChI is InChI=1S/C14H24N4O2.HI/c1-4-7-15-14(16-9-13(19)18(2)3)17-11-8-10-5-6-12(11)20-10;/h4,10-12H,1,5-9H2,2-3H3,(H2,15,16,17);1H. The van der Waals surface area contributed by atoms with Crippen molar-refractivity contribution in [3.8, 4) is 0 Å². The molecule has 21 heavy (non-hydrogen) atoms. The molecule has 0 aromatic rings. The highest BCUT2D eigenvalue weighted by Gasteiger charge is 2.41. The molecular formula is C14H25IN4O2. The molecule has 1 amide bonds. The van der Waals surface area contributed by atoms with E-state index in [4.69, 9.17) is 4.74 Å². The lowest BCUT2D eigenvalue weighted by atomic mass is 9.96. The fraction of sp³-hybridized carbons (Fsp3) is 0.714. The third-order valence-electron chi connectivity index (χ3n) is 3.71. The first-order valence-corrected chi connectivity index (χ1v) is 7.11. The van der Waals surface area contributed by atoms with Gasteiger partial charge in [-0.3, -0.25) is 4.79 Å². The molecule has 0 aromatic carbocycles. The first-order valence-electron chi connectivity index (χ1n) is 7.11. The molecule has 2 aliphatic heterocycles. The van der Waals surface area contributed by atoms with Crippen LogP contribution < -0.4 is 10.6 Å². The molecule has 0 radical (unpaired) electrons. The summed E-state index contributed by atoms with van der Waals surface area (Å²) in [5, 5.41) is 6.52. The molecule has 2 aliphatic rings. The molecule has 3 atom stereocenters. The minimum atomic E-state index is -0.0195. The lowest BCUT2D eigenvalue weighted by Gasteiger charge is -2.22. The molecule has 0 aliphatic carbocycles. The van der Waals surface area contributed by atoms with Crippen molar-refractivity contribution < 1.29 is 9.53 Å². The van der Waals surface area contributed by atoms with Crippen molar-refractivity contribution >= 4 is 35.8 Å². The average Bonchev–Trinajstić information content (AvgIpc) is 3.03. The van der Waals surface area contributed by atoms with Crippen LogP contribution in [0.1, 0.15) is 19.3 Å². The number of aliphatic imine (C=N–C) groups is 1. The Kier molecular flexibility index (Phi) is 7.44. The zero-order chi connectivity index (χ0) is 14.5. The van der Waals surface area contributed by atoms with Gasteiger partial charge in [0.1, 0.15) is 6.54 Å². The molecular weight excluding hydrogens is 383 g/mol. The monoisotopic (exact) mass is 408 g/mol. The summed E-state index contributed by atoms with van der Waals surface area (Å²) >= 11 is 0. The number of fused-ring (bicyclic) bond motifs is 2. The lowest BCUT2D eigenvalue weighted by Crippen LogP contribution is -2.47. The molecule has 2 fully saturated rings. The van der Waals surface area contributed by atoms with Crippen LogP contribution in [0.5, 0.6) is 0 Å². The number of rotatable bonds is 5. The van der Waals surface area contributed by atoms with E-state index in [1.807, 2.05) is 0 Å². The van der Waals surface area contributed by atoms with Crippen LogP contribution in [-0.2, 0) is 9.53 Å². The van der Waals surface area contributed by atoms with Gasteiger partial charge in [-0.1, -0.05) is 6.08 Å². The maximum absolute atomic E-state index is 11.6. The van der Waals surface area contributed by atoms with Gasteiger partial charge < -0.3 is 20.3 Å². The fourth-order valence-corrected chi connectivity index (χ4v) is 2.57. The van der Waals surface area contributed by atoms with Crippen molar-refractivity contribution in [2.45, 2.75) is 37.5 Å². The molecule has 3 unspecified atom stereocenters. The van der Waals surface area contributed by atoms with Crippen molar-refractivity contribution in [1.82, 2.24) is 15.5 Å². The Morgan fingerprint density at radius 3 is 2.76 bits per heavy atom. The number of nitrogens with one attached hydrogen (secondary N) is 2. The first-order chi connectivity index (χ1) is 9.60. The number of hydrogen-bond donors (Lipinski definition) is 2. The van der Waals surface area contributed by atoms with Gasteiger partial charge >= 0.3 is 0 Å². The molecule has 2 rings (SSSR count). The Morgan fingerprint density at radius 1 is 1.48 bits per heavy atom. The number of likely N-dealkylation sites (N-methyl/N-ethyl adjacent to an activating group) is 1. The number of nitrogens with zero attached hydrogens (tertiary/aromatic N) is 2. The minimum absolute atomic E-state index is 0. The third kappa shape index (κ3) is 5.14. The average molecular weight is 408 g/mol. The molecule has 0 aromatic heterocycles. The van der Waals surface area contributed by atoms with Gasteiger partial charge in [-0.2, -0.15) is 0 Å². The van der Waals surface area contributed by atoms with Crippen LogP contribution in [-0.4, -0.2) is 62.2 Å². The van der Waals surface area contributed by atoms with E-state index < -0.39 is 0 Å². The van der Waals surface area contributed by atoms with Crippen LogP contribution in [0.25, 0.3) is 0 Å². The van der Waals surface area contributed by atoms with Gasteiger partial charge in [-0.15, -0.1) is 30.6 Å². The Balaban J connectivity index is 0.00000220. The molecule has 120 valence electrons. The van der Waals surface area contributed by atoms with Crippen molar-refractivity contribution in [3.63, 3.8) is 0 Å². The topological polar surface area (TPSA) is 66.0 Å². The van der Waals surface area contributed by atoms with Gasteiger partial charge in [-0.05, 0) is 19.3 Å². The quantitative estimate of drug-likeness (QED) is 0.305. The van der Waals surface area contributed by atoms with E-state index in [0.29, 0.717) is 24.7 Å². The van der Waals surface area contributed by atoms with Crippen molar-refractivity contribution in [3.05, 3.63) is 12.7 Å². The minimum Gasteiger partial charge on any atom is -0.373 e. The molecule has 0 saturated carbocycles. The highest BCUT2D eigenvalue weighted by molar-refractivity contribution is 14.0. The van der Waals surface area contributed by atoms with Gasteiger partial charge in [0.25, 0.3) is 0 Å². The van der Waals surface area contributed by atoms with E-state index in [1.165, 1.54) is 4.90 Å². The van der Waals surface area contributed by atoms with E-state index in [2.05, 4.69) is 22.2 Å². The Hall–Kier alpha value is -0.830. The Labute approximate surface area is 143 Å². The number of guanidine groups is 1. The van der Waals surface area contributed by atoms with Gasteiger partial charge in [0.15, 0.2) is 5.96 Å². The Bertz CT molecular complexity index is 400. The summed E-state index contributed by atoms with van der Waals surface area (Å²) in [7, 11) is 3.46. The van der Waals surface area contributed by atoms with Gasteiger partial charge in [0.2, 0.25) is 5.91 Å². The van der Waals surface area contributed by atoms with Gasteiger partial charge in [-0.25, -0.2) is 4.99 Å². The van der Waals surface area contributed by atoms with Gasteiger partial charge in [0.05, 0.1) is 18.2 Å². The zero-order valence-electron chi connectivity index (χ0n) is 12.7. The molecule has 7 heteroatoms. The SMILES string of the molecule is C=CCNC(=NCC(=O)N(C)C)NC1CC2CCC1O2.I. The van der Waals surface area contributed by atoms with Crippen molar-refractivity contribution in [2.24, 2.45) is 4.99 Å². The summed E-state index contributed by atoms with van der Waals surface area (Å²) in [5.41, 5.74) is 0. The molecule has 6 nitrogen and oxygen atoms in total. The summed E-state index contributed by atoms with van der Waals surface area (Å²) in [5.74, 6) is 0.634. The number of carbonyl (C=O) groups is 1. The van der Waals surface area contributed by atoms with Crippen LogP contribution >= 0.6 is 24.0 Å². The van der Waals surface area contributed by atoms with Gasteiger partial charge in [0, 0.05) is 20.6 Å². The van der Waals surface area contributed by atoms with Crippen molar-refractivity contribution in [1.29, 1.82) is 0 Å². The van der Waals surface area contributed by atoms with Crippen LogP contribution in [0.15, 0.2) is 17.6 Å². The molecule has 2 saturated heterocycles. The third-order valence-corrected chi connectivity index (χ3v) is 3.71. The largest absolute Gasteiger partial charge is 0.373 e. The van der Waals surface area contributed by atoms with E-state index >= 15 is 0 Å². The number of carbonyl (C=O) groups excluding carboxylic acids is 1. The van der Waals surface area contributed by atoms with Crippen LogP contribution in [0.3, 0.4) is 0 Å². The van der Waals surface area contributed by atoms with E-state index in [-0.39, 0.29) is 42.5 Å². The highest BCUT2D eigenvalue weighted by atomic mass is 127. The molecule has 0 spiro atoms. The summed E-state index contributed by atoms with van der Waals surface area (Å²) in [6, 6.07) is 0.291. The smallest absolute Gasteiger partial charge is 0.243 e. The Morgan fingerprint density at radius 2 is 2.24 bits per heavy atom. The normalized spacial score (nSPS) is 27.0. The predicted octanol–water partition coefficient (Wildman–Crippen LogP) is 0.734. The zero-order valence-corrected chi connectivity index (χ0v) is 15.0. The number of hydrogen-bond acceptors (Lipinski definition) is 3. The highest BCUT2D eigenvalue weighted by Crippen LogP contribution is 2.34. The van der Waals surface area contributed by atoms with Crippen LogP contribution in [0, 0.1) is 0 Å². The van der Waals surface area contributed by atoms with Crippen molar-refractivity contribution in [2.75, 3.05) is 27.2 Å². The molecule has 2 N–H and O–H groups in total. The van der Waals surface area contributed by atoms with E-state index in [9.17, 15) is 4.79 Å². The predicted molar refractivity (Wildman–Crippen MR) is 94.0 cm³/mol. The first kappa shape index (κ1) is 18.2.